The van der Waals surface area contributed by atoms with Gasteiger partial charge in [-0.05, 0) is 49.9 Å². The van der Waals surface area contributed by atoms with Gasteiger partial charge in [0.2, 0.25) is 0 Å². The van der Waals surface area contributed by atoms with Gasteiger partial charge < -0.3 is 15.0 Å². The molecule has 1 aliphatic heterocycles. The second kappa shape index (κ2) is 7.20. The largest absolute Gasteiger partial charge is 0.389 e. The molecule has 2 N–H and O–H groups in total. The Morgan fingerprint density at radius 1 is 1.11 bits per heavy atom. The summed E-state index contributed by atoms with van der Waals surface area (Å²) in [7, 11) is 0. The molecule has 1 aliphatic carbocycles. The van der Waals surface area contributed by atoms with Gasteiger partial charge in [0, 0.05) is 0 Å². The maximum atomic E-state index is 13.0. The van der Waals surface area contributed by atoms with Crippen LogP contribution in [0, 0.1) is 13.8 Å². The summed E-state index contributed by atoms with van der Waals surface area (Å²) in [4.78, 5) is 31.1. The molecule has 7 nitrogen and oxygen atoms in total. The lowest BCUT2D eigenvalue weighted by Gasteiger charge is -2.25. The number of amides is 3. The number of carbonyl (C=O) groups is 2. The SMILES string of the molecule is Cc1cc2ncn(C[C@@H](O)CN3C(=O)NC4(CCCCCC4)C3=O)c2cc1C. The Morgan fingerprint density at radius 3 is 2.50 bits per heavy atom. The van der Waals surface area contributed by atoms with E-state index >= 15 is 0 Å². The predicted molar refractivity (Wildman–Crippen MR) is 106 cm³/mol. The van der Waals surface area contributed by atoms with E-state index in [0.717, 1.165) is 42.3 Å². The second-order valence-corrected chi connectivity index (χ2v) is 8.32. The van der Waals surface area contributed by atoms with E-state index in [1.807, 2.05) is 24.5 Å². The van der Waals surface area contributed by atoms with Crippen molar-refractivity contribution in [1.29, 1.82) is 0 Å². The third kappa shape index (κ3) is 3.28. The molecule has 1 saturated carbocycles. The molecule has 150 valence electrons. The highest BCUT2D eigenvalue weighted by atomic mass is 16.3. The second-order valence-electron chi connectivity index (χ2n) is 8.32. The maximum absolute atomic E-state index is 13.0. The fraction of sp³-hybridized carbons (Fsp3) is 0.571. The van der Waals surface area contributed by atoms with E-state index in [0.29, 0.717) is 12.8 Å². The van der Waals surface area contributed by atoms with Crippen LogP contribution in [0.3, 0.4) is 0 Å². The van der Waals surface area contributed by atoms with Gasteiger partial charge in [-0.15, -0.1) is 0 Å². The first-order chi connectivity index (χ1) is 13.4. The van der Waals surface area contributed by atoms with Crippen molar-refractivity contribution < 1.29 is 14.7 Å². The highest BCUT2D eigenvalue weighted by Crippen LogP contribution is 2.32. The van der Waals surface area contributed by atoms with E-state index < -0.39 is 11.6 Å². The minimum Gasteiger partial charge on any atom is -0.389 e. The Morgan fingerprint density at radius 2 is 1.79 bits per heavy atom. The summed E-state index contributed by atoms with van der Waals surface area (Å²) in [6.07, 6.45) is 6.31. The molecule has 2 aliphatic rings. The molecule has 1 aromatic carbocycles. The van der Waals surface area contributed by atoms with Crippen LogP contribution < -0.4 is 5.32 Å². The first kappa shape index (κ1) is 18.9. The number of hydrogen-bond donors (Lipinski definition) is 2. The van der Waals surface area contributed by atoms with Crippen molar-refractivity contribution in [3.05, 3.63) is 29.6 Å². The molecule has 1 spiro atoms. The van der Waals surface area contributed by atoms with Crippen LogP contribution in [-0.2, 0) is 11.3 Å². The Kier molecular flexibility index (Phi) is 4.87. The summed E-state index contributed by atoms with van der Waals surface area (Å²) >= 11 is 0. The fourth-order valence-corrected chi connectivity index (χ4v) is 4.47. The lowest BCUT2D eigenvalue weighted by molar-refractivity contribution is -0.132. The van der Waals surface area contributed by atoms with Crippen molar-refractivity contribution in [2.45, 2.75) is 70.6 Å². The summed E-state index contributed by atoms with van der Waals surface area (Å²) in [6.45, 7) is 4.37. The van der Waals surface area contributed by atoms with E-state index in [1.165, 1.54) is 10.5 Å². The Labute approximate surface area is 164 Å². The molecule has 2 heterocycles. The van der Waals surface area contributed by atoms with Gasteiger partial charge in [-0.3, -0.25) is 9.69 Å². The summed E-state index contributed by atoms with van der Waals surface area (Å²) in [5, 5.41) is 13.5. The molecule has 2 aromatic rings. The first-order valence-corrected chi connectivity index (χ1v) is 10.1. The molecule has 1 saturated heterocycles. The predicted octanol–water partition coefficient (Wildman–Crippen LogP) is 2.66. The van der Waals surface area contributed by atoms with Gasteiger partial charge in [-0.1, -0.05) is 25.7 Å². The van der Waals surface area contributed by atoms with Crippen molar-refractivity contribution in [3.8, 4) is 0 Å². The number of aliphatic hydroxyl groups is 1. The van der Waals surface area contributed by atoms with Crippen LogP contribution in [0.1, 0.15) is 49.7 Å². The van der Waals surface area contributed by atoms with Crippen LogP contribution in [0.2, 0.25) is 0 Å². The van der Waals surface area contributed by atoms with Crippen LogP contribution in [0.4, 0.5) is 4.79 Å². The first-order valence-electron chi connectivity index (χ1n) is 10.1. The third-order valence-corrected chi connectivity index (χ3v) is 6.24. The minimum absolute atomic E-state index is 0.00304. The molecule has 7 heteroatoms. The molecule has 0 radical (unpaired) electrons. The quantitative estimate of drug-likeness (QED) is 0.794. The monoisotopic (exact) mass is 384 g/mol. The highest BCUT2D eigenvalue weighted by Gasteiger charge is 2.50. The normalized spacial score (nSPS) is 20.6. The topological polar surface area (TPSA) is 87.5 Å². The van der Waals surface area contributed by atoms with E-state index in [-0.39, 0.29) is 25.0 Å². The highest BCUT2D eigenvalue weighted by molar-refractivity contribution is 6.07. The zero-order valence-electron chi connectivity index (χ0n) is 16.6. The summed E-state index contributed by atoms with van der Waals surface area (Å²) in [5.74, 6) is -0.180. The smallest absolute Gasteiger partial charge is 0.325 e. The Balaban J connectivity index is 1.48. The van der Waals surface area contributed by atoms with Gasteiger partial charge in [-0.2, -0.15) is 0 Å². The molecule has 28 heavy (non-hydrogen) atoms. The van der Waals surface area contributed by atoms with E-state index in [2.05, 4.69) is 16.4 Å². The third-order valence-electron chi connectivity index (χ3n) is 6.24. The van der Waals surface area contributed by atoms with Crippen LogP contribution in [0.5, 0.6) is 0 Å². The van der Waals surface area contributed by atoms with Gasteiger partial charge in [0.05, 0.1) is 36.6 Å². The molecule has 2 fully saturated rings. The number of aryl methyl sites for hydroxylation is 2. The summed E-state index contributed by atoms with van der Waals surface area (Å²) < 4.78 is 1.88. The average Bonchev–Trinajstić information content (AvgIpc) is 3.00. The lowest BCUT2D eigenvalue weighted by Crippen LogP contribution is -2.47. The molecular formula is C21H28N4O3. The lowest BCUT2D eigenvalue weighted by atomic mass is 9.90. The zero-order valence-corrected chi connectivity index (χ0v) is 16.6. The number of β-amino-alcohol motifs (C(OH)–C–C–N with tert-alkyl or cyclic N) is 1. The molecule has 4 rings (SSSR count). The van der Waals surface area contributed by atoms with Crippen LogP contribution in [0.15, 0.2) is 18.5 Å². The van der Waals surface area contributed by atoms with Crippen molar-refractivity contribution in [1.82, 2.24) is 19.8 Å². The summed E-state index contributed by atoms with van der Waals surface area (Å²) in [5.41, 5.74) is 3.39. The number of carbonyl (C=O) groups excluding carboxylic acids is 2. The fourth-order valence-electron chi connectivity index (χ4n) is 4.47. The molecular weight excluding hydrogens is 356 g/mol. The number of urea groups is 1. The number of imide groups is 1. The van der Waals surface area contributed by atoms with Crippen molar-refractivity contribution in [3.63, 3.8) is 0 Å². The summed E-state index contributed by atoms with van der Waals surface area (Å²) in [6, 6.07) is 3.70. The average molecular weight is 384 g/mol. The molecule has 0 bridgehead atoms. The number of fused-ring (bicyclic) bond motifs is 1. The number of benzene rings is 1. The van der Waals surface area contributed by atoms with Crippen LogP contribution >= 0.6 is 0 Å². The van der Waals surface area contributed by atoms with Gasteiger partial charge in [0.1, 0.15) is 5.54 Å². The number of aliphatic hydroxyl groups excluding tert-OH is 1. The van der Waals surface area contributed by atoms with Crippen LogP contribution in [0.25, 0.3) is 11.0 Å². The number of rotatable bonds is 4. The van der Waals surface area contributed by atoms with E-state index in [4.69, 9.17) is 0 Å². The van der Waals surface area contributed by atoms with E-state index in [9.17, 15) is 14.7 Å². The Bertz CT molecular complexity index is 912. The van der Waals surface area contributed by atoms with Crippen molar-refractivity contribution in [2.24, 2.45) is 0 Å². The number of aromatic nitrogens is 2. The minimum atomic E-state index is -0.852. The molecule has 1 aromatic heterocycles. The van der Waals surface area contributed by atoms with Gasteiger partial charge in [0.15, 0.2) is 0 Å². The Hall–Kier alpha value is -2.41. The van der Waals surface area contributed by atoms with Gasteiger partial charge in [-0.25, -0.2) is 9.78 Å². The number of hydrogen-bond acceptors (Lipinski definition) is 4. The number of nitrogens with one attached hydrogen (secondary N) is 1. The standard InChI is InChI=1S/C21H28N4O3/c1-14-9-17-18(10-15(14)2)24(13-22-17)11-16(26)12-25-19(27)21(23-20(25)28)7-5-3-4-6-8-21/h9-10,13,16,26H,3-8,11-12H2,1-2H3,(H,23,28)/t16-/m1/s1. The number of imidazole rings is 1. The zero-order chi connectivity index (χ0) is 19.9. The van der Waals surface area contributed by atoms with Gasteiger partial charge >= 0.3 is 6.03 Å². The van der Waals surface area contributed by atoms with Crippen LogP contribution in [-0.4, -0.2) is 49.7 Å². The molecule has 1 atom stereocenters. The van der Waals surface area contributed by atoms with Crippen molar-refractivity contribution >= 4 is 23.0 Å². The van der Waals surface area contributed by atoms with E-state index in [1.54, 1.807) is 6.33 Å². The molecule has 0 unspecified atom stereocenters. The molecule has 3 amide bonds. The van der Waals surface area contributed by atoms with Crippen molar-refractivity contribution in [2.75, 3.05) is 6.54 Å². The number of nitrogens with zero attached hydrogens (tertiary/aromatic N) is 3. The maximum Gasteiger partial charge on any atom is 0.325 e. The van der Waals surface area contributed by atoms with Gasteiger partial charge in [0.25, 0.3) is 5.91 Å².